The standard InChI is InChI=1S/C14H19NO/c1-10-6-7-11(2)13(8-10)14(16)12(3)9-15(4)5/h6-9H,1-5H3. The van der Waals surface area contributed by atoms with Crippen LogP contribution in [0.4, 0.5) is 0 Å². The largest absolute Gasteiger partial charge is 0.383 e. The summed E-state index contributed by atoms with van der Waals surface area (Å²) in [6.07, 6.45) is 1.85. The highest BCUT2D eigenvalue weighted by molar-refractivity contribution is 6.09. The van der Waals surface area contributed by atoms with E-state index in [-0.39, 0.29) is 5.78 Å². The number of hydrogen-bond donors (Lipinski definition) is 0. The predicted molar refractivity (Wildman–Crippen MR) is 67.7 cm³/mol. The maximum Gasteiger partial charge on any atom is 0.190 e. The molecule has 0 unspecified atom stereocenters. The molecule has 0 aliphatic carbocycles. The zero-order valence-electron chi connectivity index (χ0n) is 10.7. The first kappa shape index (κ1) is 12.5. The first-order chi connectivity index (χ1) is 7.41. The van der Waals surface area contributed by atoms with Gasteiger partial charge in [-0.25, -0.2) is 0 Å². The van der Waals surface area contributed by atoms with Gasteiger partial charge in [-0.3, -0.25) is 4.79 Å². The Morgan fingerprint density at radius 1 is 1.25 bits per heavy atom. The maximum atomic E-state index is 12.2. The van der Waals surface area contributed by atoms with Crippen LogP contribution in [-0.4, -0.2) is 24.8 Å². The summed E-state index contributed by atoms with van der Waals surface area (Å²) in [7, 11) is 3.83. The van der Waals surface area contributed by atoms with Gasteiger partial charge in [0.15, 0.2) is 5.78 Å². The number of allylic oxidation sites excluding steroid dienone is 1. The molecule has 0 saturated carbocycles. The smallest absolute Gasteiger partial charge is 0.190 e. The molecule has 16 heavy (non-hydrogen) atoms. The van der Waals surface area contributed by atoms with Gasteiger partial charge in [-0.05, 0) is 32.4 Å². The fourth-order valence-corrected chi connectivity index (χ4v) is 1.64. The van der Waals surface area contributed by atoms with Crippen LogP contribution in [0.2, 0.25) is 0 Å². The highest BCUT2D eigenvalue weighted by Gasteiger charge is 2.11. The summed E-state index contributed by atoms with van der Waals surface area (Å²) in [5.41, 5.74) is 3.71. The summed E-state index contributed by atoms with van der Waals surface area (Å²) in [4.78, 5) is 14.0. The van der Waals surface area contributed by atoms with Crippen LogP contribution in [0, 0.1) is 13.8 Å². The minimum Gasteiger partial charge on any atom is -0.383 e. The Morgan fingerprint density at radius 3 is 2.44 bits per heavy atom. The molecule has 0 aromatic heterocycles. The Labute approximate surface area is 97.6 Å². The highest BCUT2D eigenvalue weighted by Crippen LogP contribution is 2.15. The Morgan fingerprint density at radius 2 is 1.88 bits per heavy atom. The molecule has 0 saturated heterocycles. The second kappa shape index (κ2) is 4.97. The normalized spacial score (nSPS) is 11.4. The topological polar surface area (TPSA) is 20.3 Å². The summed E-state index contributed by atoms with van der Waals surface area (Å²) >= 11 is 0. The van der Waals surface area contributed by atoms with Crippen molar-refractivity contribution in [1.82, 2.24) is 4.90 Å². The summed E-state index contributed by atoms with van der Waals surface area (Å²) < 4.78 is 0. The first-order valence-electron chi connectivity index (χ1n) is 5.38. The van der Waals surface area contributed by atoms with Crippen LogP contribution in [0.25, 0.3) is 0 Å². The van der Waals surface area contributed by atoms with Crippen molar-refractivity contribution in [3.8, 4) is 0 Å². The SMILES string of the molecule is CC(=CN(C)C)C(=O)c1cc(C)ccc1C. The zero-order valence-corrected chi connectivity index (χ0v) is 10.7. The monoisotopic (exact) mass is 217 g/mol. The van der Waals surface area contributed by atoms with E-state index in [9.17, 15) is 4.79 Å². The van der Waals surface area contributed by atoms with Gasteiger partial charge in [-0.2, -0.15) is 0 Å². The van der Waals surface area contributed by atoms with Crippen LogP contribution < -0.4 is 0 Å². The van der Waals surface area contributed by atoms with Gasteiger partial charge in [0.25, 0.3) is 0 Å². The molecule has 0 radical (unpaired) electrons. The molecule has 0 heterocycles. The van der Waals surface area contributed by atoms with Gasteiger partial charge in [0.05, 0.1) is 0 Å². The van der Waals surface area contributed by atoms with Crippen LogP contribution in [0.3, 0.4) is 0 Å². The molecule has 0 aliphatic rings. The molecule has 1 aromatic carbocycles. The highest BCUT2D eigenvalue weighted by atomic mass is 16.1. The van der Waals surface area contributed by atoms with Gasteiger partial charge in [0.1, 0.15) is 0 Å². The van der Waals surface area contributed by atoms with E-state index in [0.717, 1.165) is 22.3 Å². The van der Waals surface area contributed by atoms with Crippen molar-refractivity contribution in [3.05, 3.63) is 46.7 Å². The van der Waals surface area contributed by atoms with Crippen molar-refractivity contribution in [2.45, 2.75) is 20.8 Å². The third kappa shape index (κ3) is 2.96. The van der Waals surface area contributed by atoms with E-state index in [2.05, 4.69) is 0 Å². The lowest BCUT2D eigenvalue weighted by Crippen LogP contribution is -2.09. The molecule has 0 bridgehead atoms. The fraction of sp³-hybridized carbons (Fsp3) is 0.357. The van der Waals surface area contributed by atoms with Crippen molar-refractivity contribution in [2.24, 2.45) is 0 Å². The third-order valence-electron chi connectivity index (χ3n) is 2.45. The number of rotatable bonds is 3. The molecular formula is C14H19NO. The lowest BCUT2D eigenvalue weighted by atomic mass is 9.98. The van der Waals surface area contributed by atoms with Crippen molar-refractivity contribution in [3.63, 3.8) is 0 Å². The van der Waals surface area contributed by atoms with Crippen LogP contribution in [0.1, 0.15) is 28.4 Å². The van der Waals surface area contributed by atoms with Crippen molar-refractivity contribution in [2.75, 3.05) is 14.1 Å². The van der Waals surface area contributed by atoms with Crippen molar-refractivity contribution >= 4 is 5.78 Å². The number of aryl methyl sites for hydroxylation is 2. The molecule has 2 heteroatoms. The number of benzene rings is 1. The Balaban J connectivity index is 3.10. The molecule has 1 aromatic rings. The molecule has 0 atom stereocenters. The molecule has 0 amide bonds. The van der Waals surface area contributed by atoms with E-state index >= 15 is 0 Å². The fourth-order valence-electron chi connectivity index (χ4n) is 1.64. The third-order valence-corrected chi connectivity index (χ3v) is 2.45. The summed E-state index contributed by atoms with van der Waals surface area (Å²) in [6, 6.07) is 5.97. The number of hydrogen-bond acceptors (Lipinski definition) is 2. The van der Waals surface area contributed by atoms with E-state index in [1.165, 1.54) is 0 Å². The molecule has 0 aliphatic heterocycles. The summed E-state index contributed by atoms with van der Waals surface area (Å²) in [6.45, 7) is 5.82. The van der Waals surface area contributed by atoms with Crippen molar-refractivity contribution in [1.29, 1.82) is 0 Å². The van der Waals surface area contributed by atoms with Crippen LogP contribution in [-0.2, 0) is 0 Å². The Kier molecular flexibility index (Phi) is 3.88. The van der Waals surface area contributed by atoms with E-state index in [0.29, 0.717) is 0 Å². The number of Topliss-reactive ketones (excluding diaryl/α,β-unsaturated/α-hetero) is 1. The molecule has 0 spiro atoms. The van der Waals surface area contributed by atoms with Gasteiger partial charge in [-0.15, -0.1) is 0 Å². The number of ketones is 1. The van der Waals surface area contributed by atoms with E-state index < -0.39 is 0 Å². The van der Waals surface area contributed by atoms with Gasteiger partial charge in [0.2, 0.25) is 0 Å². The lowest BCUT2D eigenvalue weighted by Gasteiger charge is -2.09. The van der Waals surface area contributed by atoms with E-state index in [4.69, 9.17) is 0 Å². The van der Waals surface area contributed by atoms with E-state index in [1.54, 1.807) is 0 Å². The van der Waals surface area contributed by atoms with E-state index in [1.807, 2.05) is 64.2 Å². The van der Waals surface area contributed by atoms with Crippen LogP contribution in [0.5, 0.6) is 0 Å². The number of carbonyl (C=O) groups excluding carboxylic acids is 1. The summed E-state index contributed by atoms with van der Waals surface area (Å²) in [5.74, 6) is 0.106. The average molecular weight is 217 g/mol. The minimum atomic E-state index is 0.106. The molecular weight excluding hydrogens is 198 g/mol. The lowest BCUT2D eigenvalue weighted by molar-refractivity contribution is 0.103. The van der Waals surface area contributed by atoms with Crippen molar-refractivity contribution < 1.29 is 4.79 Å². The number of nitrogens with zero attached hydrogens (tertiary/aromatic N) is 1. The Hall–Kier alpha value is -1.57. The van der Waals surface area contributed by atoms with Gasteiger partial charge >= 0.3 is 0 Å². The predicted octanol–water partition coefficient (Wildman–Crippen LogP) is 2.95. The molecule has 0 fully saturated rings. The number of carbonyl (C=O) groups is 1. The average Bonchev–Trinajstić information content (AvgIpc) is 2.19. The minimum absolute atomic E-state index is 0.106. The zero-order chi connectivity index (χ0) is 12.3. The summed E-state index contributed by atoms with van der Waals surface area (Å²) in [5, 5.41) is 0. The molecule has 1 rings (SSSR count). The molecule has 0 N–H and O–H groups in total. The maximum absolute atomic E-state index is 12.2. The second-order valence-corrected chi connectivity index (χ2v) is 4.42. The van der Waals surface area contributed by atoms with Gasteiger partial charge in [0, 0.05) is 31.4 Å². The molecule has 2 nitrogen and oxygen atoms in total. The Bertz CT molecular complexity index is 430. The molecule has 86 valence electrons. The second-order valence-electron chi connectivity index (χ2n) is 4.42. The van der Waals surface area contributed by atoms with Crippen LogP contribution >= 0.6 is 0 Å². The van der Waals surface area contributed by atoms with Crippen LogP contribution in [0.15, 0.2) is 30.0 Å². The first-order valence-corrected chi connectivity index (χ1v) is 5.38. The van der Waals surface area contributed by atoms with Gasteiger partial charge < -0.3 is 4.90 Å². The quantitative estimate of drug-likeness (QED) is 0.573. The van der Waals surface area contributed by atoms with Gasteiger partial charge in [-0.1, -0.05) is 17.7 Å².